The zero-order chi connectivity index (χ0) is 5.70. The molecular formula is C6H10B. The predicted octanol–water partition coefficient (Wildman–Crippen LogP) is 1.50. The molecule has 0 spiro atoms. The first-order chi connectivity index (χ1) is 3.27. The van der Waals surface area contributed by atoms with E-state index in [1.165, 1.54) is 0 Å². The smallest absolute Gasteiger partial charge is 0.163 e. The Labute approximate surface area is 46.6 Å². The molecule has 0 aromatic heterocycles. The second-order valence-corrected chi connectivity index (χ2v) is 1.81. The van der Waals surface area contributed by atoms with E-state index in [1.807, 2.05) is 14.2 Å². The van der Waals surface area contributed by atoms with Crippen LogP contribution in [0, 0.1) is 11.7 Å². The highest BCUT2D eigenvalue weighted by molar-refractivity contribution is 6.47. The summed E-state index contributed by atoms with van der Waals surface area (Å²) in [7, 11) is 1.99. The van der Waals surface area contributed by atoms with E-state index in [2.05, 4.69) is 25.6 Å². The molecule has 0 aliphatic rings. The van der Waals surface area contributed by atoms with E-state index in [4.69, 9.17) is 0 Å². The van der Waals surface area contributed by atoms with E-state index < -0.39 is 0 Å². The van der Waals surface area contributed by atoms with Crippen LogP contribution in [-0.2, 0) is 0 Å². The van der Waals surface area contributed by atoms with Crippen LogP contribution in [0.3, 0.4) is 0 Å². The Bertz CT molecular complexity index is 84.1. The van der Waals surface area contributed by atoms with E-state index in [1.54, 1.807) is 0 Å². The van der Waals surface area contributed by atoms with Gasteiger partial charge in [-0.05, 0) is 6.92 Å². The van der Waals surface area contributed by atoms with Gasteiger partial charge in [0.1, 0.15) is 0 Å². The van der Waals surface area contributed by atoms with E-state index in [-0.39, 0.29) is 0 Å². The molecule has 7 heavy (non-hydrogen) atoms. The van der Waals surface area contributed by atoms with Gasteiger partial charge >= 0.3 is 0 Å². The minimum atomic E-state index is 0.604. The van der Waals surface area contributed by atoms with Crippen molar-refractivity contribution in [3.8, 4) is 11.7 Å². The van der Waals surface area contributed by atoms with Crippen LogP contribution in [0.15, 0.2) is 0 Å². The Morgan fingerprint density at radius 1 is 1.43 bits per heavy atom. The number of hydrogen-bond acceptors (Lipinski definition) is 0. The fourth-order valence-corrected chi connectivity index (χ4v) is 0.250. The summed E-state index contributed by atoms with van der Waals surface area (Å²) in [6.07, 6.45) is 0. The van der Waals surface area contributed by atoms with Crippen molar-refractivity contribution in [1.82, 2.24) is 0 Å². The molecule has 1 radical (unpaired) electrons. The van der Waals surface area contributed by atoms with Crippen molar-refractivity contribution in [3.63, 3.8) is 0 Å². The van der Waals surface area contributed by atoms with Gasteiger partial charge in [-0.1, -0.05) is 19.7 Å². The normalized spacial score (nSPS) is 7.43. The van der Waals surface area contributed by atoms with Crippen LogP contribution in [-0.4, -0.2) is 7.28 Å². The highest BCUT2D eigenvalue weighted by Crippen LogP contribution is 1.93. The molecule has 0 saturated carbocycles. The molecule has 0 bridgehead atoms. The third-order valence-electron chi connectivity index (χ3n) is 0.561. The van der Waals surface area contributed by atoms with Crippen molar-refractivity contribution in [3.05, 3.63) is 0 Å². The van der Waals surface area contributed by atoms with Gasteiger partial charge in [-0.2, -0.15) is 5.82 Å². The molecule has 0 saturated heterocycles. The van der Waals surface area contributed by atoms with Crippen LogP contribution in [0.5, 0.6) is 0 Å². The molecule has 0 aromatic rings. The highest BCUT2D eigenvalue weighted by Gasteiger charge is 1.88. The molecule has 0 atom stereocenters. The van der Waals surface area contributed by atoms with Crippen molar-refractivity contribution >= 4 is 7.28 Å². The third kappa shape index (κ3) is 5.62. The van der Waals surface area contributed by atoms with Gasteiger partial charge in [0.05, 0.1) is 0 Å². The third-order valence-corrected chi connectivity index (χ3v) is 0.561. The standard InChI is InChI=1S/C6H10B/c1-4-5-7-6(2)3/h6H,1-3H3. The molecular weight excluding hydrogens is 82.9 g/mol. The Morgan fingerprint density at radius 3 is 2.14 bits per heavy atom. The summed E-state index contributed by atoms with van der Waals surface area (Å²) < 4.78 is 0. The molecule has 37 valence electrons. The molecule has 0 aliphatic carbocycles. The van der Waals surface area contributed by atoms with Crippen molar-refractivity contribution in [2.45, 2.75) is 26.6 Å². The Balaban J connectivity index is 3.08. The first-order valence-corrected chi connectivity index (χ1v) is 2.53. The molecule has 0 fully saturated rings. The van der Waals surface area contributed by atoms with E-state index in [9.17, 15) is 0 Å². The lowest BCUT2D eigenvalue weighted by atomic mass is 9.68. The van der Waals surface area contributed by atoms with Crippen molar-refractivity contribution < 1.29 is 0 Å². The lowest BCUT2D eigenvalue weighted by Crippen LogP contribution is -1.88. The molecule has 0 aliphatic heterocycles. The zero-order valence-corrected chi connectivity index (χ0v) is 5.15. The minimum absolute atomic E-state index is 0.604. The second-order valence-electron chi connectivity index (χ2n) is 1.81. The van der Waals surface area contributed by atoms with Gasteiger partial charge in [-0.25, -0.2) is 0 Å². The van der Waals surface area contributed by atoms with Crippen molar-refractivity contribution in [1.29, 1.82) is 0 Å². The average molecular weight is 93.0 g/mol. The van der Waals surface area contributed by atoms with Gasteiger partial charge in [-0.15, -0.1) is 5.92 Å². The average Bonchev–Trinajstić information content (AvgIpc) is 1.61. The summed E-state index contributed by atoms with van der Waals surface area (Å²) in [4.78, 5) is 0. The van der Waals surface area contributed by atoms with E-state index in [0.717, 1.165) is 0 Å². The van der Waals surface area contributed by atoms with E-state index >= 15 is 0 Å². The van der Waals surface area contributed by atoms with Gasteiger partial charge in [0.25, 0.3) is 0 Å². The lowest BCUT2D eigenvalue weighted by molar-refractivity contribution is 1.07. The molecule has 0 unspecified atom stereocenters. The molecule has 0 heterocycles. The summed E-state index contributed by atoms with van der Waals surface area (Å²) in [6, 6.07) is 0. The molecule has 0 rings (SSSR count). The number of rotatable bonds is 1. The van der Waals surface area contributed by atoms with Crippen LogP contribution < -0.4 is 0 Å². The van der Waals surface area contributed by atoms with Gasteiger partial charge in [0, 0.05) is 0 Å². The summed E-state index contributed by atoms with van der Waals surface area (Å²) in [5.74, 6) is 6.27. The molecule has 0 nitrogen and oxygen atoms in total. The summed E-state index contributed by atoms with van der Waals surface area (Å²) in [5.41, 5.74) is 0. The molecule has 0 aromatic carbocycles. The topological polar surface area (TPSA) is 0 Å². The van der Waals surface area contributed by atoms with Gasteiger partial charge in [0.2, 0.25) is 7.28 Å². The predicted molar refractivity (Wildman–Crippen MR) is 34.3 cm³/mol. The highest BCUT2D eigenvalue weighted by atomic mass is 13.7. The van der Waals surface area contributed by atoms with Gasteiger partial charge in [-0.3, -0.25) is 0 Å². The van der Waals surface area contributed by atoms with Crippen molar-refractivity contribution in [2.24, 2.45) is 0 Å². The lowest BCUT2D eigenvalue weighted by Gasteiger charge is -1.88. The summed E-state index contributed by atoms with van der Waals surface area (Å²) >= 11 is 0. The fourth-order valence-electron chi connectivity index (χ4n) is 0.250. The van der Waals surface area contributed by atoms with Crippen molar-refractivity contribution in [2.75, 3.05) is 0 Å². The first-order valence-electron chi connectivity index (χ1n) is 2.53. The Morgan fingerprint density at radius 2 is 2.00 bits per heavy atom. The molecule has 0 N–H and O–H groups in total. The minimum Gasteiger partial charge on any atom is -0.163 e. The Kier molecular flexibility index (Phi) is 3.60. The van der Waals surface area contributed by atoms with E-state index in [0.29, 0.717) is 5.82 Å². The summed E-state index contributed by atoms with van der Waals surface area (Å²) in [6.45, 7) is 6.08. The fraction of sp³-hybridized carbons (Fsp3) is 0.667. The zero-order valence-electron chi connectivity index (χ0n) is 5.15. The van der Waals surface area contributed by atoms with Crippen LogP contribution in [0.2, 0.25) is 5.82 Å². The van der Waals surface area contributed by atoms with Gasteiger partial charge < -0.3 is 0 Å². The summed E-state index contributed by atoms with van der Waals surface area (Å²) in [5, 5.41) is 0. The maximum absolute atomic E-state index is 2.87. The van der Waals surface area contributed by atoms with Gasteiger partial charge in [0.15, 0.2) is 0 Å². The quantitative estimate of drug-likeness (QED) is 0.340. The second kappa shape index (κ2) is 3.80. The maximum atomic E-state index is 2.87. The largest absolute Gasteiger partial charge is 0.218 e. The maximum Gasteiger partial charge on any atom is 0.218 e. The Hall–Kier alpha value is -0.375. The van der Waals surface area contributed by atoms with Crippen LogP contribution in [0.25, 0.3) is 0 Å². The van der Waals surface area contributed by atoms with Crippen LogP contribution >= 0.6 is 0 Å². The monoisotopic (exact) mass is 93.1 g/mol. The van der Waals surface area contributed by atoms with Crippen LogP contribution in [0.1, 0.15) is 20.8 Å². The SMILES string of the molecule is CC#C[B]C(C)C. The van der Waals surface area contributed by atoms with Crippen LogP contribution in [0.4, 0.5) is 0 Å². The molecule has 0 amide bonds. The molecule has 1 heteroatoms. The number of hydrogen-bond donors (Lipinski definition) is 0. The first kappa shape index (κ1) is 6.62.